The quantitative estimate of drug-likeness (QED) is 0.463. The molecule has 29 heavy (non-hydrogen) atoms. The molecule has 2 aromatic rings. The second-order valence-electron chi connectivity index (χ2n) is 6.37. The molecule has 0 aliphatic heterocycles. The average Bonchev–Trinajstić information content (AvgIpc) is 2.65. The number of nitrogens with one attached hydrogen (secondary N) is 1. The van der Waals surface area contributed by atoms with Crippen molar-refractivity contribution in [3.05, 3.63) is 52.5 Å². The predicted octanol–water partition coefficient (Wildman–Crippen LogP) is 4.77. The first kappa shape index (κ1) is 23.1. The molecule has 1 amide bonds. The Morgan fingerprint density at radius 2 is 1.79 bits per heavy atom. The Labute approximate surface area is 181 Å². The van der Waals surface area contributed by atoms with E-state index >= 15 is 0 Å². The van der Waals surface area contributed by atoms with E-state index in [4.69, 9.17) is 28.9 Å². The van der Waals surface area contributed by atoms with Crippen LogP contribution in [0.4, 0.5) is 17.1 Å². The lowest BCUT2D eigenvalue weighted by Crippen LogP contribution is -2.25. The van der Waals surface area contributed by atoms with Crippen LogP contribution in [-0.4, -0.2) is 27.4 Å². The number of rotatable bonds is 7. The zero-order valence-corrected chi connectivity index (χ0v) is 18.7. The molecule has 0 atom stereocenters. The van der Waals surface area contributed by atoms with Crippen molar-refractivity contribution in [2.75, 3.05) is 29.0 Å². The number of anilines is 3. The maximum absolute atomic E-state index is 13.7. The van der Waals surface area contributed by atoms with Gasteiger partial charge in [0.15, 0.2) is 0 Å². The van der Waals surface area contributed by atoms with E-state index in [2.05, 4.69) is 11.9 Å². The third kappa shape index (κ3) is 4.69. The molecular formula is C20H23Cl2N3O3S. The van der Waals surface area contributed by atoms with Crippen LogP contribution in [0.25, 0.3) is 0 Å². The minimum absolute atomic E-state index is 0.0570. The van der Waals surface area contributed by atoms with E-state index < -0.39 is 15.7 Å². The predicted molar refractivity (Wildman–Crippen MR) is 120 cm³/mol. The largest absolute Gasteiger partial charge is 0.397 e. The van der Waals surface area contributed by atoms with Crippen LogP contribution < -0.4 is 16.0 Å². The van der Waals surface area contributed by atoms with Crippen molar-refractivity contribution in [2.24, 2.45) is 0 Å². The van der Waals surface area contributed by atoms with Crippen molar-refractivity contribution in [1.29, 1.82) is 0 Å². The van der Waals surface area contributed by atoms with Gasteiger partial charge in [-0.2, -0.15) is 0 Å². The van der Waals surface area contributed by atoms with Crippen LogP contribution >= 0.6 is 23.2 Å². The topological polar surface area (TPSA) is 92.5 Å². The molecular weight excluding hydrogens is 433 g/mol. The number of carbonyl (C=O) groups is 1. The molecule has 2 aromatic carbocycles. The first-order valence-electron chi connectivity index (χ1n) is 8.88. The summed E-state index contributed by atoms with van der Waals surface area (Å²) >= 11 is 12.3. The molecule has 0 aliphatic carbocycles. The Balaban J connectivity index is 2.84. The van der Waals surface area contributed by atoms with Crippen molar-refractivity contribution in [3.8, 4) is 0 Å². The molecule has 0 radical (unpaired) electrons. The minimum atomic E-state index is -4.16. The number of nitrogens with zero attached hydrogens (tertiary/aromatic N) is 1. The molecule has 0 heterocycles. The summed E-state index contributed by atoms with van der Waals surface area (Å²) in [6.45, 7) is 10.1. The summed E-state index contributed by atoms with van der Waals surface area (Å²) in [5.41, 5.74) is 6.73. The van der Waals surface area contributed by atoms with E-state index in [0.717, 1.165) is 0 Å². The highest BCUT2D eigenvalue weighted by Crippen LogP contribution is 2.40. The van der Waals surface area contributed by atoms with Crippen LogP contribution in [0.1, 0.15) is 20.8 Å². The van der Waals surface area contributed by atoms with Gasteiger partial charge in [-0.25, -0.2) is 8.42 Å². The number of amides is 1. The summed E-state index contributed by atoms with van der Waals surface area (Å²) in [6.07, 6.45) is 0. The standard InChI is InChI=1S/C20H23Cl2N3O3S/c1-5-25(6-2)17-9-7-8-16(24-20(26)12(3)4)19(17)29(27,28)18-11-13(21)15(23)10-14(18)22/h7-11H,3,5-6,23H2,1-2,4H3,(H,24,26). The molecule has 0 unspecified atom stereocenters. The Hall–Kier alpha value is -2.22. The lowest BCUT2D eigenvalue weighted by Gasteiger charge is -2.26. The minimum Gasteiger partial charge on any atom is -0.397 e. The van der Waals surface area contributed by atoms with Gasteiger partial charge in [0, 0.05) is 18.7 Å². The third-order valence-electron chi connectivity index (χ3n) is 4.34. The average molecular weight is 456 g/mol. The number of carbonyl (C=O) groups excluding carboxylic acids is 1. The molecule has 0 aliphatic rings. The van der Waals surface area contributed by atoms with Gasteiger partial charge in [-0.05, 0) is 45.0 Å². The molecule has 0 aromatic heterocycles. The summed E-state index contributed by atoms with van der Waals surface area (Å²) < 4.78 is 27.3. The molecule has 156 valence electrons. The highest BCUT2D eigenvalue weighted by molar-refractivity contribution is 7.92. The maximum atomic E-state index is 13.7. The molecule has 2 rings (SSSR count). The fraction of sp³-hybridized carbons (Fsp3) is 0.250. The van der Waals surface area contributed by atoms with Gasteiger partial charge in [0.2, 0.25) is 9.84 Å². The first-order valence-corrected chi connectivity index (χ1v) is 11.1. The molecule has 0 fully saturated rings. The van der Waals surface area contributed by atoms with Crippen LogP contribution in [0.2, 0.25) is 10.0 Å². The van der Waals surface area contributed by atoms with E-state index in [-0.39, 0.29) is 36.8 Å². The van der Waals surface area contributed by atoms with E-state index in [1.54, 1.807) is 12.1 Å². The van der Waals surface area contributed by atoms with Crippen LogP contribution in [0.5, 0.6) is 0 Å². The van der Waals surface area contributed by atoms with Gasteiger partial charge in [0.25, 0.3) is 5.91 Å². The van der Waals surface area contributed by atoms with Crippen molar-refractivity contribution >= 4 is 56.0 Å². The molecule has 3 N–H and O–H groups in total. The van der Waals surface area contributed by atoms with Gasteiger partial charge in [-0.1, -0.05) is 35.8 Å². The smallest absolute Gasteiger partial charge is 0.250 e. The molecule has 0 saturated carbocycles. The van der Waals surface area contributed by atoms with Crippen molar-refractivity contribution < 1.29 is 13.2 Å². The van der Waals surface area contributed by atoms with Gasteiger partial charge in [-0.3, -0.25) is 4.79 Å². The zero-order valence-electron chi connectivity index (χ0n) is 16.4. The Morgan fingerprint density at radius 1 is 1.17 bits per heavy atom. The molecule has 6 nitrogen and oxygen atoms in total. The van der Waals surface area contributed by atoms with Crippen LogP contribution in [-0.2, 0) is 14.6 Å². The van der Waals surface area contributed by atoms with Gasteiger partial charge < -0.3 is 16.0 Å². The van der Waals surface area contributed by atoms with Gasteiger partial charge >= 0.3 is 0 Å². The normalized spacial score (nSPS) is 11.2. The van der Waals surface area contributed by atoms with Gasteiger partial charge in [0.1, 0.15) is 4.90 Å². The highest BCUT2D eigenvalue weighted by Gasteiger charge is 2.30. The van der Waals surface area contributed by atoms with E-state index in [1.165, 1.54) is 25.1 Å². The van der Waals surface area contributed by atoms with E-state index in [9.17, 15) is 13.2 Å². The number of nitrogens with two attached hydrogens (primary N) is 1. The number of sulfone groups is 1. The monoisotopic (exact) mass is 455 g/mol. The number of halogens is 2. The lowest BCUT2D eigenvalue weighted by molar-refractivity contribution is -0.112. The maximum Gasteiger partial charge on any atom is 0.250 e. The van der Waals surface area contributed by atoms with E-state index in [1.807, 2.05) is 18.7 Å². The number of benzene rings is 2. The van der Waals surface area contributed by atoms with Gasteiger partial charge in [-0.15, -0.1) is 0 Å². The Bertz CT molecular complexity index is 1060. The fourth-order valence-corrected chi connectivity index (χ4v) is 5.20. The number of hydrogen-bond donors (Lipinski definition) is 2. The van der Waals surface area contributed by atoms with Crippen LogP contribution in [0, 0.1) is 0 Å². The third-order valence-corrected chi connectivity index (χ3v) is 6.98. The molecule has 0 saturated heterocycles. The molecule has 9 heteroatoms. The number of hydrogen-bond acceptors (Lipinski definition) is 5. The molecule has 0 spiro atoms. The zero-order chi connectivity index (χ0) is 21.9. The van der Waals surface area contributed by atoms with Crippen molar-refractivity contribution in [3.63, 3.8) is 0 Å². The first-order chi connectivity index (χ1) is 13.5. The van der Waals surface area contributed by atoms with Crippen LogP contribution in [0.3, 0.4) is 0 Å². The van der Waals surface area contributed by atoms with Gasteiger partial charge in [0.05, 0.1) is 32.0 Å². The second-order valence-corrected chi connectivity index (χ2v) is 9.04. The number of nitrogen functional groups attached to an aromatic ring is 1. The van der Waals surface area contributed by atoms with Crippen LogP contribution in [0.15, 0.2) is 52.3 Å². The highest BCUT2D eigenvalue weighted by atomic mass is 35.5. The lowest BCUT2D eigenvalue weighted by atomic mass is 10.2. The fourth-order valence-electron chi connectivity index (χ4n) is 2.81. The summed E-state index contributed by atoms with van der Waals surface area (Å²) in [4.78, 5) is 13.8. The Morgan fingerprint density at radius 3 is 2.34 bits per heavy atom. The summed E-state index contributed by atoms with van der Waals surface area (Å²) in [7, 11) is -4.16. The Kier molecular flexibility index (Phi) is 7.21. The molecule has 0 bridgehead atoms. The van der Waals surface area contributed by atoms with Crippen molar-refractivity contribution in [2.45, 2.75) is 30.6 Å². The van der Waals surface area contributed by atoms with Crippen molar-refractivity contribution in [1.82, 2.24) is 0 Å². The summed E-state index contributed by atoms with van der Waals surface area (Å²) in [6, 6.07) is 7.40. The summed E-state index contributed by atoms with van der Waals surface area (Å²) in [5, 5.41) is 2.64. The second kappa shape index (κ2) is 9.07. The summed E-state index contributed by atoms with van der Waals surface area (Å²) in [5.74, 6) is -0.486. The van der Waals surface area contributed by atoms with E-state index in [0.29, 0.717) is 18.8 Å². The SMILES string of the molecule is C=C(C)C(=O)Nc1cccc(N(CC)CC)c1S(=O)(=O)c1cc(Cl)c(N)cc1Cl.